The van der Waals surface area contributed by atoms with Crippen LogP contribution in [-0.2, 0) is 16.6 Å². The van der Waals surface area contributed by atoms with Crippen molar-refractivity contribution in [2.45, 2.75) is 24.5 Å². The van der Waals surface area contributed by atoms with E-state index < -0.39 is 16.1 Å². The van der Waals surface area contributed by atoms with Crippen molar-refractivity contribution in [2.24, 2.45) is 0 Å². The number of rotatable bonds is 5. The average Bonchev–Trinajstić information content (AvgIpc) is 2.80. The Bertz CT molecular complexity index is 744. The van der Waals surface area contributed by atoms with E-state index in [-0.39, 0.29) is 21.9 Å². The van der Waals surface area contributed by atoms with Gasteiger partial charge in [-0.1, -0.05) is 23.7 Å². The molecule has 21 heavy (non-hydrogen) atoms. The molecule has 2 rings (SSSR count). The highest BCUT2D eigenvalue weighted by molar-refractivity contribution is 9.10. The molecule has 1 aromatic carbocycles. The summed E-state index contributed by atoms with van der Waals surface area (Å²) in [4.78, 5) is -0.0552. The molecule has 0 saturated carbocycles. The van der Waals surface area contributed by atoms with Crippen LogP contribution in [0.15, 0.2) is 44.3 Å². The summed E-state index contributed by atoms with van der Waals surface area (Å²) >= 11 is 8.93. The molecular weight excluding hydrogens is 382 g/mol. The summed E-state index contributed by atoms with van der Waals surface area (Å²) in [5, 5.41) is 9.52. The molecule has 0 fully saturated rings. The van der Waals surface area contributed by atoms with Crippen LogP contribution in [0.4, 0.5) is 0 Å². The first-order valence-electron chi connectivity index (χ1n) is 6.00. The first-order chi connectivity index (χ1) is 9.83. The van der Waals surface area contributed by atoms with Gasteiger partial charge < -0.3 is 9.52 Å². The zero-order chi connectivity index (χ0) is 15.6. The number of benzene rings is 1. The van der Waals surface area contributed by atoms with Crippen molar-refractivity contribution in [2.75, 3.05) is 0 Å². The van der Waals surface area contributed by atoms with Gasteiger partial charge in [-0.2, -0.15) is 0 Å². The van der Waals surface area contributed by atoms with Crippen LogP contribution in [0, 0.1) is 0 Å². The molecule has 1 atom stereocenters. The molecule has 0 bridgehead atoms. The fraction of sp³-hybridized carbons (Fsp3) is 0.231. The lowest BCUT2D eigenvalue weighted by Crippen LogP contribution is -2.26. The summed E-state index contributed by atoms with van der Waals surface area (Å²) in [7, 11) is -3.79. The highest BCUT2D eigenvalue weighted by atomic mass is 79.9. The van der Waals surface area contributed by atoms with Crippen LogP contribution < -0.4 is 4.72 Å². The van der Waals surface area contributed by atoms with E-state index in [0.717, 1.165) is 5.56 Å². The van der Waals surface area contributed by atoms with Crippen LogP contribution in [0.25, 0.3) is 0 Å². The Labute approximate surface area is 136 Å². The van der Waals surface area contributed by atoms with Crippen LogP contribution in [-0.4, -0.2) is 13.5 Å². The molecule has 5 nitrogen and oxygen atoms in total. The van der Waals surface area contributed by atoms with Gasteiger partial charge in [0, 0.05) is 17.1 Å². The zero-order valence-electron chi connectivity index (χ0n) is 11.0. The number of aliphatic hydroxyl groups is 1. The largest absolute Gasteiger partial charge is 0.450 e. The van der Waals surface area contributed by atoms with Gasteiger partial charge >= 0.3 is 0 Å². The quantitative estimate of drug-likeness (QED) is 0.816. The molecule has 0 radical (unpaired) electrons. The maximum Gasteiger partial charge on any atom is 0.245 e. The standard InChI is InChI=1S/C13H13BrClNO4S/c1-8(9-3-2-4-10(15)5-9)16-21(18,19)12-6-11(7-17)20-13(12)14/h2-6,8,16-17H,7H2,1H3. The number of nitrogens with one attached hydrogen (secondary N) is 1. The number of aliphatic hydroxyl groups excluding tert-OH is 1. The first-order valence-corrected chi connectivity index (χ1v) is 8.66. The Kier molecular flexibility index (Phi) is 5.11. The van der Waals surface area contributed by atoms with Crippen LogP contribution in [0.1, 0.15) is 24.3 Å². The fourth-order valence-corrected chi connectivity index (χ4v) is 4.23. The van der Waals surface area contributed by atoms with Gasteiger partial charge in [0.1, 0.15) is 17.3 Å². The Morgan fingerprint density at radius 1 is 1.43 bits per heavy atom. The summed E-state index contributed by atoms with van der Waals surface area (Å²) in [6.07, 6.45) is 0. The van der Waals surface area contributed by atoms with E-state index in [1.54, 1.807) is 31.2 Å². The second kappa shape index (κ2) is 6.50. The number of halogens is 2. The molecule has 2 aromatic rings. The van der Waals surface area contributed by atoms with Crippen molar-refractivity contribution in [3.63, 3.8) is 0 Å². The third-order valence-corrected chi connectivity index (χ3v) is 5.47. The molecular formula is C13H13BrClNO4S. The fourth-order valence-electron chi connectivity index (χ4n) is 1.80. The molecule has 2 N–H and O–H groups in total. The monoisotopic (exact) mass is 393 g/mol. The van der Waals surface area contributed by atoms with Gasteiger partial charge in [0.15, 0.2) is 4.67 Å². The van der Waals surface area contributed by atoms with Crippen molar-refractivity contribution in [1.82, 2.24) is 4.72 Å². The van der Waals surface area contributed by atoms with Gasteiger partial charge in [-0.3, -0.25) is 0 Å². The summed E-state index contributed by atoms with van der Waals surface area (Å²) in [6.45, 7) is 1.34. The van der Waals surface area contributed by atoms with Gasteiger partial charge in [-0.05, 0) is 40.5 Å². The lowest BCUT2D eigenvalue weighted by atomic mass is 10.1. The average molecular weight is 395 g/mol. The van der Waals surface area contributed by atoms with Crippen molar-refractivity contribution in [1.29, 1.82) is 0 Å². The lowest BCUT2D eigenvalue weighted by molar-refractivity contribution is 0.245. The summed E-state index contributed by atoms with van der Waals surface area (Å²) < 4.78 is 32.3. The van der Waals surface area contributed by atoms with Gasteiger partial charge in [0.25, 0.3) is 0 Å². The SMILES string of the molecule is CC(NS(=O)(=O)c1cc(CO)oc1Br)c1cccc(Cl)c1. The Morgan fingerprint density at radius 3 is 2.71 bits per heavy atom. The van der Waals surface area contributed by atoms with E-state index in [1.165, 1.54) is 6.07 Å². The van der Waals surface area contributed by atoms with Crippen LogP contribution in [0.3, 0.4) is 0 Å². The van der Waals surface area contributed by atoms with Gasteiger partial charge in [0.2, 0.25) is 10.0 Å². The van der Waals surface area contributed by atoms with Gasteiger partial charge in [0.05, 0.1) is 0 Å². The molecule has 0 spiro atoms. The minimum atomic E-state index is -3.79. The van der Waals surface area contributed by atoms with Crippen molar-refractivity contribution < 1.29 is 17.9 Å². The number of sulfonamides is 1. The van der Waals surface area contributed by atoms with Crippen molar-refractivity contribution in [3.05, 3.63) is 51.3 Å². The molecule has 0 aliphatic rings. The lowest BCUT2D eigenvalue weighted by Gasteiger charge is -2.14. The smallest absolute Gasteiger partial charge is 0.245 e. The Morgan fingerprint density at radius 2 is 2.14 bits per heavy atom. The third-order valence-electron chi connectivity index (χ3n) is 2.83. The van der Waals surface area contributed by atoms with Gasteiger partial charge in [-0.25, -0.2) is 13.1 Å². The summed E-state index contributed by atoms with van der Waals surface area (Å²) in [6, 6.07) is 7.75. The highest BCUT2D eigenvalue weighted by Gasteiger charge is 2.24. The minimum absolute atomic E-state index is 0.0531. The third kappa shape index (κ3) is 3.87. The first kappa shape index (κ1) is 16.5. The van der Waals surface area contributed by atoms with E-state index in [1.807, 2.05) is 0 Å². The maximum absolute atomic E-state index is 12.3. The molecule has 0 saturated heterocycles. The maximum atomic E-state index is 12.3. The Hall–Kier alpha value is -0.860. The van der Waals surface area contributed by atoms with E-state index in [0.29, 0.717) is 5.02 Å². The predicted octanol–water partition coefficient (Wildman–Crippen LogP) is 3.23. The zero-order valence-corrected chi connectivity index (χ0v) is 14.2. The molecule has 0 aliphatic carbocycles. The van der Waals surface area contributed by atoms with E-state index >= 15 is 0 Å². The second-order valence-electron chi connectivity index (χ2n) is 4.41. The molecule has 1 unspecified atom stereocenters. The van der Waals surface area contributed by atoms with Crippen molar-refractivity contribution in [3.8, 4) is 0 Å². The highest BCUT2D eigenvalue weighted by Crippen LogP contribution is 2.28. The Balaban J connectivity index is 2.26. The van der Waals surface area contributed by atoms with E-state index in [2.05, 4.69) is 20.7 Å². The van der Waals surface area contributed by atoms with Crippen LogP contribution in [0.2, 0.25) is 5.02 Å². The minimum Gasteiger partial charge on any atom is -0.450 e. The molecule has 1 heterocycles. The van der Waals surface area contributed by atoms with Crippen LogP contribution in [0.5, 0.6) is 0 Å². The number of hydrogen-bond acceptors (Lipinski definition) is 4. The molecule has 0 amide bonds. The topological polar surface area (TPSA) is 79.5 Å². The second-order valence-corrected chi connectivity index (χ2v) is 7.25. The molecule has 1 aromatic heterocycles. The van der Waals surface area contributed by atoms with Crippen LogP contribution >= 0.6 is 27.5 Å². The van der Waals surface area contributed by atoms with E-state index in [9.17, 15) is 8.42 Å². The molecule has 114 valence electrons. The predicted molar refractivity (Wildman–Crippen MR) is 82.5 cm³/mol. The number of hydrogen-bond donors (Lipinski definition) is 2. The molecule has 8 heteroatoms. The van der Waals surface area contributed by atoms with E-state index in [4.69, 9.17) is 21.1 Å². The summed E-state index contributed by atoms with van der Waals surface area (Å²) in [5.74, 6) is 0.164. The van der Waals surface area contributed by atoms with Crippen molar-refractivity contribution >= 4 is 37.6 Å². The van der Waals surface area contributed by atoms with Gasteiger partial charge in [-0.15, -0.1) is 0 Å². The summed E-state index contributed by atoms with van der Waals surface area (Å²) in [5.41, 5.74) is 0.744. The number of furan rings is 1. The normalized spacial score (nSPS) is 13.3. The molecule has 0 aliphatic heterocycles.